The fraction of sp³-hybridized carbons (Fsp3) is 0.235. The zero-order valence-corrected chi connectivity index (χ0v) is 13.2. The molecule has 21 heavy (non-hydrogen) atoms. The first-order chi connectivity index (χ1) is 10.1. The van der Waals surface area contributed by atoms with E-state index in [1.807, 2.05) is 24.3 Å². The first-order valence-corrected chi connectivity index (χ1v) is 7.55. The number of rotatable bonds is 6. The van der Waals surface area contributed by atoms with Gasteiger partial charge in [-0.1, -0.05) is 60.8 Å². The van der Waals surface area contributed by atoms with Gasteiger partial charge in [-0.25, -0.2) is 0 Å². The van der Waals surface area contributed by atoms with Crippen molar-refractivity contribution in [2.24, 2.45) is 0 Å². The third-order valence-electron chi connectivity index (χ3n) is 3.02. The average Bonchev–Trinajstić information content (AvgIpc) is 2.45. The van der Waals surface area contributed by atoms with E-state index in [1.54, 1.807) is 18.2 Å². The Bertz CT molecular complexity index is 601. The van der Waals surface area contributed by atoms with Gasteiger partial charge in [0.1, 0.15) is 5.75 Å². The Morgan fingerprint density at radius 2 is 1.67 bits per heavy atom. The number of hydrogen-bond donors (Lipinski definition) is 0. The van der Waals surface area contributed by atoms with Gasteiger partial charge in [-0.2, -0.15) is 0 Å². The second-order valence-electron chi connectivity index (χ2n) is 4.76. The molecule has 0 fully saturated rings. The van der Waals surface area contributed by atoms with Gasteiger partial charge in [0, 0.05) is 15.6 Å². The average molecular weight is 323 g/mol. The van der Waals surface area contributed by atoms with Crippen molar-refractivity contribution in [1.29, 1.82) is 0 Å². The minimum absolute atomic E-state index is 0.0379. The molecule has 2 aromatic rings. The molecular formula is C17H16Cl2O2. The summed E-state index contributed by atoms with van der Waals surface area (Å²) in [5.74, 6) is 0.414. The van der Waals surface area contributed by atoms with E-state index in [-0.39, 0.29) is 12.4 Å². The van der Waals surface area contributed by atoms with E-state index in [4.69, 9.17) is 27.9 Å². The van der Waals surface area contributed by atoms with Gasteiger partial charge in [0.15, 0.2) is 12.4 Å². The third-order valence-corrected chi connectivity index (χ3v) is 3.46. The quantitative estimate of drug-likeness (QED) is 0.682. The van der Waals surface area contributed by atoms with E-state index >= 15 is 0 Å². The second-order valence-corrected chi connectivity index (χ2v) is 5.64. The Balaban J connectivity index is 1.97. The lowest BCUT2D eigenvalue weighted by atomic mass is 10.1. The monoisotopic (exact) mass is 322 g/mol. The summed E-state index contributed by atoms with van der Waals surface area (Å²) in [6.07, 6.45) is 2.11. The van der Waals surface area contributed by atoms with Crippen molar-refractivity contribution in [2.75, 3.05) is 6.61 Å². The third kappa shape index (κ3) is 4.76. The van der Waals surface area contributed by atoms with Crippen LogP contribution in [-0.2, 0) is 6.42 Å². The van der Waals surface area contributed by atoms with Crippen molar-refractivity contribution in [1.82, 2.24) is 0 Å². The summed E-state index contributed by atoms with van der Waals surface area (Å²) in [6.45, 7) is 2.09. The summed E-state index contributed by atoms with van der Waals surface area (Å²) >= 11 is 11.8. The molecule has 2 rings (SSSR count). The SMILES string of the molecule is CCCc1ccc(C(=O)COc2cc(Cl)cc(Cl)c2)cc1. The summed E-state index contributed by atoms with van der Waals surface area (Å²) < 4.78 is 5.44. The lowest BCUT2D eigenvalue weighted by molar-refractivity contribution is 0.0921. The summed E-state index contributed by atoms with van der Waals surface area (Å²) in [5.41, 5.74) is 1.87. The van der Waals surface area contributed by atoms with Crippen LogP contribution in [-0.4, -0.2) is 12.4 Å². The molecule has 2 nitrogen and oxygen atoms in total. The number of aryl methyl sites for hydroxylation is 1. The molecule has 0 heterocycles. The van der Waals surface area contributed by atoms with Crippen LogP contribution < -0.4 is 4.74 Å². The Morgan fingerprint density at radius 3 is 2.24 bits per heavy atom. The van der Waals surface area contributed by atoms with Crippen molar-refractivity contribution in [2.45, 2.75) is 19.8 Å². The topological polar surface area (TPSA) is 26.3 Å². The molecule has 0 unspecified atom stereocenters. The van der Waals surface area contributed by atoms with Gasteiger partial charge in [0.25, 0.3) is 0 Å². The van der Waals surface area contributed by atoms with Crippen LogP contribution in [0.25, 0.3) is 0 Å². The number of carbonyl (C=O) groups is 1. The maximum Gasteiger partial charge on any atom is 0.200 e. The zero-order chi connectivity index (χ0) is 15.2. The molecule has 0 aromatic heterocycles. The number of hydrogen-bond acceptors (Lipinski definition) is 2. The second kappa shape index (κ2) is 7.48. The zero-order valence-electron chi connectivity index (χ0n) is 11.7. The van der Waals surface area contributed by atoms with Crippen LogP contribution in [0, 0.1) is 0 Å². The molecule has 0 spiro atoms. The van der Waals surface area contributed by atoms with Gasteiger partial charge < -0.3 is 4.74 Å². The summed E-state index contributed by atoms with van der Waals surface area (Å²) in [4.78, 5) is 12.1. The Morgan fingerprint density at radius 1 is 1.05 bits per heavy atom. The highest BCUT2D eigenvalue weighted by Gasteiger charge is 2.08. The largest absolute Gasteiger partial charge is 0.485 e. The molecule has 4 heteroatoms. The van der Waals surface area contributed by atoms with Gasteiger partial charge in [0.05, 0.1) is 0 Å². The van der Waals surface area contributed by atoms with Crippen LogP contribution in [0.5, 0.6) is 5.75 Å². The van der Waals surface area contributed by atoms with Crippen molar-refractivity contribution in [3.63, 3.8) is 0 Å². The fourth-order valence-corrected chi connectivity index (χ4v) is 2.50. The van der Waals surface area contributed by atoms with Crippen LogP contribution in [0.1, 0.15) is 29.3 Å². The number of benzene rings is 2. The predicted molar refractivity (Wildman–Crippen MR) is 86.7 cm³/mol. The van der Waals surface area contributed by atoms with E-state index in [0.717, 1.165) is 12.8 Å². The molecule has 0 saturated heterocycles. The maximum atomic E-state index is 12.1. The van der Waals surface area contributed by atoms with Gasteiger partial charge in [-0.05, 0) is 30.2 Å². The summed E-state index contributed by atoms with van der Waals surface area (Å²) in [7, 11) is 0. The molecule has 2 aromatic carbocycles. The molecule has 0 atom stereocenters. The fourth-order valence-electron chi connectivity index (χ4n) is 1.99. The predicted octanol–water partition coefficient (Wildman–Crippen LogP) is 5.21. The Kier molecular flexibility index (Phi) is 5.66. The highest BCUT2D eigenvalue weighted by molar-refractivity contribution is 6.34. The van der Waals surface area contributed by atoms with Crippen LogP contribution in [0.4, 0.5) is 0 Å². The van der Waals surface area contributed by atoms with E-state index in [2.05, 4.69) is 6.92 Å². The number of halogens is 2. The molecule has 0 N–H and O–H groups in total. The van der Waals surface area contributed by atoms with E-state index in [0.29, 0.717) is 21.4 Å². The maximum absolute atomic E-state index is 12.1. The smallest absolute Gasteiger partial charge is 0.200 e. The molecule has 0 radical (unpaired) electrons. The molecule has 0 bridgehead atoms. The van der Waals surface area contributed by atoms with Gasteiger partial charge in [0.2, 0.25) is 0 Å². The Labute approximate surface area is 134 Å². The standard InChI is InChI=1S/C17H16Cl2O2/c1-2-3-12-4-6-13(7-5-12)17(20)11-21-16-9-14(18)8-15(19)10-16/h4-10H,2-3,11H2,1H3. The minimum atomic E-state index is -0.0749. The molecule has 0 aliphatic carbocycles. The molecule has 0 saturated carbocycles. The molecular weight excluding hydrogens is 307 g/mol. The number of carbonyl (C=O) groups excluding carboxylic acids is 1. The summed E-state index contributed by atoms with van der Waals surface area (Å²) in [6, 6.07) is 12.5. The van der Waals surface area contributed by atoms with Crippen LogP contribution >= 0.6 is 23.2 Å². The van der Waals surface area contributed by atoms with Gasteiger partial charge in [-0.3, -0.25) is 4.79 Å². The molecule has 0 aliphatic heterocycles. The van der Waals surface area contributed by atoms with E-state index in [9.17, 15) is 4.79 Å². The summed E-state index contributed by atoms with van der Waals surface area (Å²) in [5, 5.41) is 0.961. The van der Waals surface area contributed by atoms with E-state index < -0.39 is 0 Å². The van der Waals surface area contributed by atoms with Gasteiger partial charge in [-0.15, -0.1) is 0 Å². The lowest BCUT2D eigenvalue weighted by Crippen LogP contribution is -2.11. The molecule has 110 valence electrons. The van der Waals surface area contributed by atoms with Crippen molar-refractivity contribution >= 4 is 29.0 Å². The highest BCUT2D eigenvalue weighted by atomic mass is 35.5. The molecule has 0 aliphatic rings. The van der Waals surface area contributed by atoms with Crippen molar-refractivity contribution < 1.29 is 9.53 Å². The number of ether oxygens (including phenoxy) is 1. The molecule has 0 amide bonds. The van der Waals surface area contributed by atoms with Crippen LogP contribution in [0.3, 0.4) is 0 Å². The number of ketones is 1. The Hall–Kier alpha value is -1.51. The first kappa shape index (κ1) is 15.9. The van der Waals surface area contributed by atoms with Crippen molar-refractivity contribution in [3.05, 3.63) is 63.6 Å². The highest BCUT2D eigenvalue weighted by Crippen LogP contribution is 2.24. The first-order valence-electron chi connectivity index (χ1n) is 6.79. The number of Topliss-reactive ketones (excluding diaryl/α,β-unsaturated/α-hetero) is 1. The normalized spacial score (nSPS) is 10.4. The van der Waals surface area contributed by atoms with E-state index in [1.165, 1.54) is 5.56 Å². The minimum Gasteiger partial charge on any atom is -0.485 e. The lowest BCUT2D eigenvalue weighted by Gasteiger charge is -2.07. The van der Waals surface area contributed by atoms with Crippen molar-refractivity contribution in [3.8, 4) is 5.75 Å². The van der Waals surface area contributed by atoms with Gasteiger partial charge >= 0.3 is 0 Å². The van der Waals surface area contributed by atoms with Crippen LogP contribution in [0.15, 0.2) is 42.5 Å². The van der Waals surface area contributed by atoms with Crippen LogP contribution in [0.2, 0.25) is 10.0 Å².